The predicted molar refractivity (Wildman–Crippen MR) is 220 cm³/mol. The van der Waals surface area contributed by atoms with Crippen molar-refractivity contribution in [1.82, 2.24) is 29.6 Å². The number of aryl methyl sites for hydroxylation is 1. The first-order valence-corrected chi connectivity index (χ1v) is 20.4. The topological polar surface area (TPSA) is 149 Å². The molecule has 3 fully saturated rings. The molecule has 4 aliphatic rings. The summed E-state index contributed by atoms with van der Waals surface area (Å²) in [4.78, 5) is 77.6. The summed E-state index contributed by atoms with van der Waals surface area (Å²) in [5, 5.41) is 6.12. The molecule has 2 atom stereocenters. The van der Waals surface area contributed by atoms with Gasteiger partial charge in [0.2, 0.25) is 11.8 Å². The maximum atomic E-state index is 13.5. The number of hydrogen-bond donors (Lipinski definition) is 2. The molecule has 1 unspecified atom stereocenters. The number of likely N-dealkylation sites (tertiary alicyclic amines) is 1. The maximum Gasteiger partial charge on any atom is 0.419 e. The normalized spacial score (nSPS) is 20.4. The van der Waals surface area contributed by atoms with Crippen LogP contribution in [-0.4, -0.2) is 112 Å². The Morgan fingerprint density at radius 2 is 1.72 bits per heavy atom. The largest absolute Gasteiger partial charge is 0.443 e. The number of hydrogen-bond acceptors (Lipinski definition) is 10. The van der Waals surface area contributed by atoms with E-state index in [0.717, 1.165) is 92.8 Å². The summed E-state index contributed by atoms with van der Waals surface area (Å²) in [6.45, 7) is 11.3. The van der Waals surface area contributed by atoms with Crippen LogP contribution in [0.5, 0.6) is 0 Å². The summed E-state index contributed by atoms with van der Waals surface area (Å²) in [6, 6.07) is 16.7. The number of imide groups is 1. The average molecular weight is 789 g/mol. The van der Waals surface area contributed by atoms with Crippen molar-refractivity contribution in [3.63, 3.8) is 0 Å². The lowest BCUT2D eigenvalue weighted by molar-refractivity contribution is -0.136. The van der Waals surface area contributed by atoms with E-state index in [2.05, 4.69) is 43.4 Å². The van der Waals surface area contributed by atoms with E-state index in [1.165, 1.54) is 0 Å². The summed E-state index contributed by atoms with van der Waals surface area (Å²) in [5.74, 6) is -0.758. The summed E-state index contributed by atoms with van der Waals surface area (Å²) in [6.07, 6.45) is 5.68. The van der Waals surface area contributed by atoms with Crippen LogP contribution in [0.2, 0.25) is 0 Å². The van der Waals surface area contributed by atoms with Gasteiger partial charge < -0.3 is 19.9 Å². The predicted octanol–water partition coefficient (Wildman–Crippen LogP) is 5.35. The first-order chi connectivity index (χ1) is 27.8. The van der Waals surface area contributed by atoms with Gasteiger partial charge in [0.1, 0.15) is 17.5 Å². The number of fused-ring (bicyclic) bond motifs is 2. The zero-order chi connectivity index (χ0) is 40.7. The molecule has 8 rings (SSSR count). The molecule has 0 spiro atoms. The van der Waals surface area contributed by atoms with Gasteiger partial charge in [0.25, 0.3) is 11.8 Å². The molecular formula is C44H52N8O6. The number of carbonyl (C=O) groups is 5. The molecule has 14 nitrogen and oxygen atoms in total. The standard InChI is InChI=1S/C44H52N8O6/c1-44(2,3)58-43(57)52-36-25-38(45-26-30(36)24-37(52)34-11-7-18-48(34)4)46-40(54)29-14-12-28(13-15-29)8-6-19-49-20-22-50(23-21-49)33-10-5-9-31-32(33)27-51(42(31)56)35-16-17-39(53)47-41(35)55/h5,9-10,12-15,24-26,34-35H,6-8,11,16-23,27H2,1-4H3,(H,45,46,54)(H,47,53,55)/t34-,35?/m1/s1. The van der Waals surface area contributed by atoms with Crippen molar-refractivity contribution >= 4 is 52.1 Å². The third-order valence-corrected chi connectivity index (χ3v) is 11.8. The molecule has 2 aromatic heterocycles. The smallest absolute Gasteiger partial charge is 0.419 e. The number of ether oxygens (including phenoxy) is 1. The van der Waals surface area contributed by atoms with Gasteiger partial charge in [-0.25, -0.2) is 14.3 Å². The van der Waals surface area contributed by atoms with Crippen LogP contribution < -0.4 is 15.5 Å². The molecule has 0 aliphatic carbocycles. The van der Waals surface area contributed by atoms with Gasteiger partial charge in [-0.2, -0.15) is 0 Å². The highest BCUT2D eigenvalue weighted by Crippen LogP contribution is 2.36. The van der Waals surface area contributed by atoms with Crippen LogP contribution in [0.25, 0.3) is 10.9 Å². The van der Waals surface area contributed by atoms with E-state index in [-0.39, 0.29) is 30.2 Å². The van der Waals surface area contributed by atoms with Crippen LogP contribution in [0.1, 0.15) is 96.5 Å². The first kappa shape index (κ1) is 39.2. The number of pyridine rings is 1. The third-order valence-electron chi connectivity index (χ3n) is 11.8. The zero-order valence-corrected chi connectivity index (χ0v) is 33.8. The van der Waals surface area contributed by atoms with E-state index in [9.17, 15) is 24.0 Å². The van der Waals surface area contributed by atoms with Gasteiger partial charge in [-0.1, -0.05) is 18.2 Å². The fourth-order valence-corrected chi connectivity index (χ4v) is 8.83. The number of piperazine rings is 1. The number of anilines is 2. The van der Waals surface area contributed by atoms with Gasteiger partial charge in [0.15, 0.2) is 0 Å². The van der Waals surface area contributed by atoms with E-state index < -0.39 is 23.6 Å². The molecule has 4 aromatic rings. The van der Waals surface area contributed by atoms with E-state index in [4.69, 9.17) is 4.74 Å². The van der Waals surface area contributed by atoms with Crippen molar-refractivity contribution in [3.05, 3.63) is 88.7 Å². The summed E-state index contributed by atoms with van der Waals surface area (Å²) in [7, 11) is 2.07. The molecule has 4 aliphatic heterocycles. The Morgan fingerprint density at radius 1 is 0.948 bits per heavy atom. The second-order valence-corrected chi connectivity index (χ2v) is 16.9. The Morgan fingerprint density at radius 3 is 2.43 bits per heavy atom. The van der Waals surface area contributed by atoms with Crippen molar-refractivity contribution < 1.29 is 28.7 Å². The van der Waals surface area contributed by atoms with Crippen LogP contribution in [0, 0.1) is 0 Å². The quantitative estimate of drug-likeness (QED) is 0.213. The maximum absolute atomic E-state index is 13.5. The Bertz CT molecular complexity index is 2250. The number of piperidine rings is 1. The van der Waals surface area contributed by atoms with Crippen LogP contribution in [-0.2, 0) is 27.3 Å². The van der Waals surface area contributed by atoms with E-state index >= 15 is 0 Å². The fourth-order valence-electron chi connectivity index (χ4n) is 8.83. The monoisotopic (exact) mass is 788 g/mol. The number of nitrogens with zero attached hydrogens (tertiary/aromatic N) is 6. The molecular weight excluding hydrogens is 737 g/mol. The second kappa shape index (κ2) is 16.0. The van der Waals surface area contributed by atoms with Gasteiger partial charge in [0.05, 0.1) is 11.6 Å². The Labute approximate surface area is 338 Å². The second-order valence-electron chi connectivity index (χ2n) is 16.9. The van der Waals surface area contributed by atoms with Gasteiger partial charge in [-0.3, -0.25) is 34.3 Å². The van der Waals surface area contributed by atoms with E-state index in [1.54, 1.807) is 21.7 Å². The molecule has 6 heterocycles. The van der Waals surface area contributed by atoms with E-state index in [0.29, 0.717) is 35.4 Å². The summed E-state index contributed by atoms with van der Waals surface area (Å²) >= 11 is 0. The van der Waals surface area contributed by atoms with Crippen molar-refractivity contribution in [3.8, 4) is 0 Å². The highest BCUT2D eigenvalue weighted by Gasteiger charge is 2.40. The highest BCUT2D eigenvalue weighted by atomic mass is 16.6. The molecule has 14 heteroatoms. The molecule has 2 N–H and O–H groups in total. The van der Waals surface area contributed by atoms with E-state index in [1.807, 2.05) is 63.2 Å². The third kappa shape index (κ3) is 8.08. The van der Waals surface area contributed by atoms with Crippen molar-refractivity contribution in [2.75, 3.05) is 56.5 Å². The lowest BCUT2D eigenvalue weighted by Gasteiger charge is -2.37. The Kier molecular flexibility index (Phi) is 10.8. The molecule has 3 saturated heterocycles. The molecule has 0 radical (unpaired) electrons. The molecule has 0 saturated carbocycles. The van der Waals surface area contributed by atoms with Gasteiger partial charge in [0, 0.05) is 84.9 Å². The minimum absolute atomic E-state index is 0.0829. The SMILES string of the molecule is CN1CCC[C@@H]1c1cc2cnc(NC(=O)c3ccc(CCCN4CCN(c5cccc6c5CN(C5CCC(=O)NC5=O)C6=O)CC4)cc3)cc2n1C(=O)OC(C)(C)C. The number of aromatic nitrogens is 2. The molecule has 304 valence electrons. The van der Waals surface area contributed by atoms with Crippen molar-refractivity contribution in [2.45, 2.75) is 83.5 Å². The number of rotatable bonds is 9. The zero-order valence-electron chi connectivity index (χ0n) is 33.8. The minimum atomic E-state index is -0.667. The summed E-state index contributed by atoms with van der Waals surface area (Å²) < 4.78 is 7.45. The average Bonchev–Trinajstić information content (AvgIpc) is 3.89. The number of nitrogens with one attached hydrogen (secondary N) is 2. The van der Waals surface area contributed by atoms with Gasteiger partial charge in [-0.05, 0) is 109 Å². The highest BCUT2D eigenvalue weighted by molar-refractivity contribution is 6.06. The Hall–Kier alpha value is -5.60. The van der Waals surface area contributed by atoms with Crippen LogP contribution >= 0.6 is 0 Å². The molecule has 58 heavy (non-hydrogen) atoms. The first-order valence-electron chi connectivity index (χ1n) is 20.4. The van der Waals surface area contributed by atoms with Gasteiger partial charge in [-0.15, -0.1) is 0 Å². The number of benzene rings is 2. The van der Waals surface area contributed by atoms with Crippen molar-refractivity contribution in [1.29, 1.82) is 0 Å². The van der Waals surface area contributed by atoms with Crippen LogP contribution in [0.4, 0.5) is 16.3 Å². The minimum Gasteiger partial charge on any atom is -0.443 e. The Balaban J connectivity index is 0.840. The molecule has 0 bridgehead atoms. The fraction of sp³-hybridized carbons (Fsp3) is 0.455. The van der Waals surface area contributed by atoms with Crippen LogP contribution in [0.15, 0.2) is 60.8 Å². The van der Waals surface area contributed by atoms with Crippen LogP contribution in [0.3, 0.4) is 0 Å². The molecule has 2 aromatic carbocycles. The van der Waals surface area contributed by atoms with Gasteiger partial charge >= 0.3 is 6.09 Å². The van der Waals surface area contributed by atoms with Crippen molar-refractivity contribution in [2.24, 2.45) is 0 Å². The number of carbonyl (C=O) groups excluding carboxylic acids is 5. The molecule has 4 amide bonds. The lowest BCUT2D eigenvalue weighted by atomic mass is 10.0. The lowest BCUT2D eigenvalue weighted by Crippen LogP contribution is -2.52. The number of amides is 4. The summed E-state index contributed by atoms with van der Waals surface area (Å²) in [5.41, 5.74) is 5.14.